The highest BCUT2D eigenvalue weighted by atomic mass is 35.5. The molecule has 1 saturated heterocycles. The number of carbonyl (C=O) groups excluding carboxylic acids is 1. The van der Waals surface area contributed by atoms with Gasteiger partial charge in [-0.1, -0.05) is 22.9 Å². The van der Waals surface area contributed by atoms with E-state index in [1.165, 1.54) is 39.9 Å². The van der Waals surface area contributed by atoms with Crippen molar-refractivity contribution < 1.29 is 13.2 Å². The standard InChI is InChI=1S/C18H17ClN4O3S2/c19-13-5-8-15-16(11-13)27-18(20-15)22-21-17(24)12-3-6-14(7-4-12)28(25,26)23-9-1-2-10-23/h3-8,11H,1-2,9-10H2,(H,20,22)(H,21,24). The molecule has 1 aliphatic heterocycles. The molecule has 3 aromatic rings. The summed E-state index contributed by atoms with van der Waals surface area (Å²) in [4.78, 5) is 16.9. The molecule has 1 amide bonds. The third kappa shape index (κ3) is 3.83. The molecule has 0 unspecified atom stereocenters. The molecule has 0 bridgehead atoms. The molecule has 10 heteroatoms. The van der Waals surface area contributed by atoms with Gasteiger partial charge in [-0.3, -0.25) is 15.6 Å². The minimum atomic E-state index is -3.49. The second kappa shape index (κ2) is 7.67. The number of halogens is 1. The van der Waals surface area contributed by atoms with Gasteiger partial charge in [-0.25, -0.2) is 13.4 Å². The van der Waals surface area contributed by atoms with Crippen molar-refractivity contribution in [2.45, 2.75) is 17.7 Å². The Kier molecular flexibility index (Phi) is 5.24. The van der Waals surface area contributed by atoms with Crippen LogP contribution in [0.15, 0.2) is 47.4 Å². The molecule has 1 aliphatic rings. The van der Waals surface area contributed by atoms with Gasteiger partial charge < -0.3 is 0 Å². The van der Waals surface area contributed by atoms with Gasteiger partial charge in [0.15, 0.2) is 0 Å². The SMILES string of the molecule is O=C(NNc1nc2ccc(Cl)cc2s1)c1ccc(S(=O)(=O)N2CCCC2)cc1. The normalized spacial score (nSPS) is 15.0. The molecule has 0 aliphatic carbocycles. The zero-order valence-corrected chi connectivity index (χ0v) is 17.1. The molecule has 2 aromatic carbocycles. The Morgan fingerprint density at radius 1 is 1.11 bits per heavy atom. The number of amides is 1. The summed E-state index contributed by atoms with van der Waals surface area (Å²) in [7, 11) is -3.49. The molecular weight excluding hydrogens is 420 g/mol. The molecule has 146 valence electrons. The topological polar surface area (TPSA) is 91.4 Å². The van der Waals surface area contributed by atoms with Crippen molar-refractivity contribution in [2.75, 3.05) is 18.5 Å². The van der Waals surface area contributed by atoms with Crippen molar-refractivity contribution in [3.05, 3.63) is 53.1 Å². The minimum absolute atomic E-state index is 0.196. The number of nitrogens with one attached hydrogen (secondary N) is 2. The zero-order chi connectivity index (χ0) is 19.7. The number of nitrogens with zero attached hydrogens (tertiary/aromatic N) is 2. The lowest BCUT2D eigenvalue weighted by molar-refractivity contribution is 0.0962. The van der Waals surface area contributed by atoms with E-state index in [-0.39, 0.29) is 10.8 Å². The number of fused-ring (bicyclic) bond motifs is 1. The van der Waals surface area contributed by atoms with Crippen LogP contribution >= 0.6 is 22.9 Å². The number of hydrogen-bond donors (Lipinski definition) is 2. The molecule has 0 saturated carbocycles. The number of benzene rings is 2. The molecule has 28 heavy (non-hydrogen) atoms. The Morgan fingerprint density at radius 3 is 2.54 bits per heavy atom. The number of aromatic nitrogens is 1. The van der Waals surface area contributed by atoms with Gasteiger partial charge in [-0.05, 0) is 55.3 Å². The highest BCUT2D eigenvalue weighted by Gasteiger charge is 2.27. The summed E-state index contributed by atoms with van der Waals surface area (Å²) in [5.41, 5.74) is 6.47. The third-order valence-corrected chi connectivity index (χ3v) is 7.53. The molecule has 0 atom stereocenters. The summed E-state index contributed by atoms with van der Waals surface area (Å²) in [6, 6.07) is 11.3. The Bertz CT molecular complexity index is 1120. The summed E-state index contributed by atoms with van der Waals surface area (Å²) in [5, 5.41) is 1.15. The maximum atomic E-state index is 12.5. The molecule has 0 radical (unpaired) electrons. The van der Waals surface area contributed by atoms with Crippen LogP contribution in [0.1, 0.15) is 23.2 Å². The summed E-state index contributed by atoms with van der Waals surface area (Å²) in [6.45, 7) is 1.09. The number of sulfonamides is 1. The van der Waals surface area contributed by atoms with E-state index in [9.17, 15) is 13.2 Å². The fraction of sp³-hybridized carbons (Fsp3) is 0.222. The van der Waals surface area contributed by atoms with Gasteiger partial charge in [0.1, 0.15) is 0 Å². The molecule has 7 nitrogen and oxygen atoms in total. The number of hydrazine groups is 1. The smallest absolute Gasteiger partial charge is 0.269 e. The lowest BCUT2D eigenvalue weighted by Gasteiger charge is -2.15. The fourth-order valence-corrected chi connectivity index (χ4v) is 5.60. The van der Waals surface area contributed by atoms with Gasteiger partial charge in [-0.2, -0.15) is 4.31 Å². The largest absolute Gasteiger partial charge is 0.273 e. The van der Waals surface area contributed by atoms with Crippen LogP contribution in [0.2, 0.25) is 5.02 Å². The molecule has 1 fully saturated rings. The van der Waals surface area contributed by atoms with Crippen LogP contribution in [0.5, 0.6) is 0 Å². The van der Waals surface area contributed by atoms with E-state index in [1.54, 1.807) is 18.2 Å². The van der Waals surface area contributed by atoms with E-state index in [1.807, 2.05) is 0 Å². The van der Waals surface area contributed by atoms with Crippen LogP contribution in [-0.4, -0.2) is 36.7 Å². The first-order chi connectivity index (χ1) is 13.4. The first-order valence-corrected chi connectivity index (χ1v) is 11.3. The lowest BCUT2D eigenvalue weighted by atomic mass is 10.2. The zero-order valence-electron chi connectivity index (χ0n) is 14.7. The van der Waals surface area contributed by atoms with E-state index < -0.39 is 10.0 Å². The highest BCUT2D eigenvalue weighted by Crippen LogP contribution is 2.28. The molecule has 1 aromatic heterocycles. The van der Waals surface area contributed by atoms with Crippen LogP contribution in [0.4, 0.5) is 5.13 Å². The first kappa shape index (κ1) is 19.1. The summed E-state index contributed by atoms with van der Waals surface area (Å²) in [6.07, 6.45) is 1.76. The average Bonchev–Trinajstić information content (AvgIpc) is 3.36. The quantitative estimate of drug-likeness (QED) is 0.597. The van der Waals surface area contributed by atoms with Crippen molar-refractivity contribution in [3.63, 3.8) is 0 Å². The van der Waals surface area contributed by atoms with Crippen molar-refractivity contribution in [1.82, 2.24) is 14.7 Å². The molecule has 2 N–H and O–H groups in total. The fourth-order valence-electron chi connectivity index (χ4n) is 2.99. The van der Waals surface area contributed by atoms with Crippen molar-refractivity contribution in [3.8, 4) is 0 Å². The highest BCUT2D eigenvalue weighted by molar-refractivity contribution is 7.89. The predicted octanol–water partition coefficient (Wildman–Crippen LogP) is 3.49. The second-order valence-electron chi connectivity index (χ2n) is 6.35. The molecule has 0 spiro atoms. The second-order valence-corrected chi connectivity index (χ2v) is 9.75. The lowest BCUT2D eigenvalue weighted by Crippen LogP contribution is -2.30. The van der Waals surface area contributed by atoms with E-state index in [4.69, 9.17) is 11.6 Å². The summed E-state index contributed by atoms with van der Waals surface area (Å²) in [5.74, 6) is -0.387. The number of hydrogen-bond acceptors (Lipinski definition) is 6. The van der Waals surface area contributed by atoms with Crippen molar-refractivity contribution in [1.29, 1.82) is 0 Å². The maximum Gasteiger partial charge on any atom is 0.269 e. The monoisotopic (exact) mass is 436 g/mol. The minimum Gasteiger partial charge on any atom is -0.273 e. The van der Waals surface area contributed by atoms with Crippen LogP contribution in [0.25, 0.3) is 10.2 Å². The van der Waals surface area contributed by atoms with Crippen LogP contribution in [0, 0.1) is 0 Å². The van der Waals surface area contributed by atoms with Crippen molar-refractivity contribution in [2.24, 2.45) is 0 Å². The average molecular weight is 437 g/mol. The van der Waals surface area contributed by atoms with Gasteiger partial charge in [0.25, 0.3) is 5.91 Å². The summed E-state index contributed by atoms with van der Waals surface area (Å²) < 4.78 is 27.4. The van der Waals surface area contributed by atoms with Crippen molar-refractivity contribution >= 4 is 54.2 Å². The number of thiazole rings is 1. The molecular formula is C18H17ClN4O3S2. The Labute approximate surface area is 171 Å². The van der Waals surface area contributed by atoms with Crippen LogP contribution in [-0.2, 0) is 10.0 Å². The maximum absolute atomic E-state index is 12.5. The van der Waals surface area contributed by atoms with Crippen LogP contribution in [0.3, 0.4) is 0 Å². The molecule has 2 heterocycles. The Morgan fingerprint density at radius 2 is 1.82 bits per heavy atom. The van der Waals surface area contributed by atoms with Gasteiger partial charge in [0.05, 0.1) is 15.1 Å². The van der Waals surface area contributed by atoms with Gasteiger partial charge in [0.2, 0.25) is 15.2 Å². The number of rotatable bonds is 5. The van der Waals surface area contributed by atoms with Crippen LogP contribution < -0.4 is 10.9 Å². The number of anilines is 1. The van der Waals surface area contributed by atoms with E-state index in [0.29, 0.717) is 28.8 Å². The van der Waals surface area contributed by atoms with Gasteiger partial charge in [-0.15, -0.1) is 0 Å². The van der Waals surface area contributed by atoms with Gasteiger partial charge in [0, 0.05) is 23.7 Å². The Hall–Kier alpha value is -2.20. The number of carbonyl (C=O) groups is 1. The van der Waals surface area contributed by atoms with E-state index in [0.717, 1.165) is 23.1 Å². The third-order valence-electron chi connectivity index (χ3n) is 4.45. The molecule has 4 rings (SSSR count). The van der Waals surface area contributed by atoms with Gasteiger partial charge >= 0.3 is 0 Å². The van der Waals surface area contributed by atoms with E-state index >= 15 is 0 Å². The first-order valence-electron chi connectivity index (χ1n) is 8.66. The summed E-state index contributed by atoms with van der Waals surface area (Å²) >= 11 is 7.33. The van der Waals surface area contributed by atoms with E-state index in [2.05, 4.69) is 15.8 Å². The Balaban J connectivity index is 1.43. The predicted molar refractivity (Wildman–Crippen MR) is 110 cm³/mol.